The number of ether oxygens (including phenoxy) is 1. The summed E-state index contributed by atoms with van der Waals surface area (Å²) in [5.41, 5.74) is 5.66. The SMILES string of the molecule is Cc1ccc(CC2SC(=C(C#N)C(=O)N[NH+]3CCOCC3)N(c3ccccc3)C2=O)cc1.[Br-]. The summed E-state index contributed by atoms with van der Waals surface area (Å²) in [4.78, 5) is 28.0. The van der Waals surface area contributed by atoms with Gasteiger partial charge in [-0.2, -0.15) is 10.7 Å². The predicted molar refractivity (Wildman–Crippen MR) is 122 cm³/mol. The van der Waals surface area contributed by atoms with Crippen LogP contribution in [0.5, 0.6) is 0 Å². The van der Waals surface area contributed by atoms with E-state index in [-0.39, 0.29) is 28.5 Å². The van der Waals surface area contributed by atoms with E-state index in [0.717, 1.165) is 16.1 Å². The van der Waals surface area contributed by atoms with Crippen LogP contribution in [-0.2, 0) is 20.7 Å². The van der Waals surface area contributed by atoms with E-state index < -0.39 is 11.2 Å². The molecule has 2 aliphatic heterocycles. The Balaban J connectivity index is 0.00000306. The summed E-state index contributed by atoms with van der Waals surface area (Å²) in [6.07, 6.45) is 0.519. The number of hydrogen-bond donors (Lipinski definition) is 2. The lowest BCUT2D eigenvalue weighted by Crippen LogP contribution is -3.20. The van der Waals surface area contributed by atoms with Gasteiger partial charge in [-0.1, -0.05) is 59.8 Å². The maximum atomic E-state index is 13.4. The molecule has 2 fully saturated rings. The van der Waals surface area contributed by atoms with Gasteiger partial charge in [-0.15, -0.1) is 0 Å². The van der Waals surface area contributed by atoms with Gasteiger partial charge in [0.05, 0.1) is 18.5 Å². The lowest BCUT2D eigenvalue weighted by molar-refractivity contribution is -0.943. The highest BCUT2D eigenvalue weighted by atomic mass is 79.9. The fourth-order valence-electron chi connectivity index (χ4n) is 3.70. The number of quaternary nitrogens is 1. The molecule has 2 heterocycles. The van der Waals surface area contributed by atoms with Crippen LogP contribution in [0.15, 0.2) is 65.2 Å². The molecule has 1 unspecified atom stereocenters. The number of nitrogens with zero attached hydrogens (tertiary/aromatic N) is 2. The normalized spacial score (nSPS) is 20.1. The Morgan fingerprint density at radius 2 is 1.85 bits per heavy atom. The van der Waals surface area contributed by atoms with Crippen molar-refractivity contribution in [1.29, 1.82) is 5.26 Å². The summed E-state index contributed by atoms with van der Waals surface area (Å²) in [7, 11) is 0. The van der Waals surface area contributed by atoms with Gasteiger partial charge >= 0.3 is 5.91 Å². The zero-order valence-corrected chi connectivity index (χ0v) is 20.6. The standard InChI is InChI=1S/C24H24N4O3S.BrH/c1-17-7-9-18(10-8-17)15-21-23(30)28(19-5-3-2-4-6-19)24(32-21)20(16-25)22(29)26-27-11-13-31-14-12-27;/h2-10,21H,11-15H2,1H3,(H,26,29);1H. The van der Waals surface area contributed by atoms with Crippen molar-refractivity contribution in [2.24, 2.45) is 0 Å². The number of thioether (sulfide) groups is 1. The number of anilines is 1. The highest BCUT2D eigenvalue weighted by molar-refractivity contribution is 8.05. The number of benzene rings is 2. The second-order valence-corrected chi connectivity index (χ2v) is 8.96. The number of nitrogens with one attached hydrogen (secondary N) is 2. The zero-order valence-electron chi connectivity index (χ0n) is 18.2. The van der Waals surface area contributed by atoms with E-state index in [2.05, 4.69) is 11.5 Å². The van der Waals surface area contributed by atoms with E-state index in [1.54, 1.807) is 0 Å². The molecule has 1 atom stereocenters. The monoisotopic (exact) mass is 528 g/mol. The van der Waals surface area contributed by atoms with Gasteiger partial charge in [-0.25, -0.2) is 5.01 Å². The first kappa shape index (κ1) is 25.0. The summed E-state index contributed by atoms with van der Waals surface area (Å²) < 4.78 is 5.33. The smallest absolute Gasteiger partial charge is 0.309 e. The van der Waals surface area contributed by atoms with Crippen molar-refractivity contribution in [2.45, 2.75) is 18.6 Å². The molecular weight excluding hydrogens is 504 g/mol. The van der Waals surface area contributed by atoms with Gasteiger partial charge in [-0.3, -0.25) is 14.5 Å². The second kappa shape index (κ2) is 11.5. The number of halogens is 1. The van der Waals surface area contributed by atoms with Gasteiger partial charge in [0.25, 0.3) is 0 Å². The Bertz CT molecular complexity index is 1060. The number of para-hydroxylation sites is 1. The van der Waals surface area contributed by atoms with Crippen molar-refractivity contribution < 1.29 is 36.3 Å². The molecule has 33 heavy (non-hydrogen) atoms. The van der Waals surface area contributed by atoms with Crippen LogP contribution in [0.2, 0.25) is 0 Å². The number of aryl methyl sites for hydroxylation is 1. The molecule has 2 aliphatic rings. The Morgan fingerprint density at radius 3 is 2.48 bits per heavy atom. The third-order valence-electron chi connectivity index (χ3n) is 5.45. The van der Waals surface area contributed by atoms with Gasteiger partial charge in [0, 0.05) is 5.69 Å². The lowest BCUT2D eigenvalue weighted by Gasteiger charge is -2.24. The topological polar surface area (TPSA) is 86.9 Å². The first-order valence-electron chi connectivity index (χ1n) is 10.6. The van der Waals surface area contributed by atoms with Crippen molar-refractivity contribution in [1.82, 2.24) is 5.43 Å². The summed E-state index contributed by atoms with van der Waals surface area (Å²) in [6.45, 7) is 4.38. The van der Waals surface area contributed by atoms with Gasteiger partial charge in [0.1, 0.15) is 24.2 Å². The van der Waals surface area contributed by atoms with Crippen molar-refractivity contribution >= 4 is 29.3 Å². The summed E-state index contributed by atoms with van der Waals surface area (Å²) in [5, 5.41) is 10.7. The third kappa shape index (κ3) is 5.84. The number of rotatable bonds is 5. The molecule has 0 spiro atoms. The molecule has 0 saturated carbocycles. The van der Waals surface area contributed by atoms with Crippen LogP contribution in [0.25, 0.3) is 0 Å². The van der Waals surface area contributed by atoms with Gasteiger partial charge in [-0.05, 0) is 31.0 Å². The molecule has 2 saturated heterocycles. The molecule has 2 N–H and O–H groups in total. The molecule has 172 valence electrons. The van der Waals surface area contributed by atoms with E-state index >= 15 is 0 Å². The molecule has 2 aromatic carbocycles. The molecular formula is C24H25BrN4O3S. The molecule has 9 heteroatoms. The van der Waals surface area contributed by atoms with Crippen molar-refractivity contribution in [3.8, 4) is 6.07 Å². The van der Waals surface area contributed by atoms with Crippen LogP contribution < -0.4 is 32.3 Å². The molecule has 2 aromatic rings. The minimum absolute atomic E-state index is 0. The Labute approximate surface area is 208 Å². The van der Waals surface area contributed by atoms with Crippen LogP contribution in [0.1, 0.15) is 11.1 Å². The van der Waals surface area contributed by atoms with Gasteiger partial charge in [0.2, 0.25) is 5.91 Å². The molecule has 0 radical (unpaired) electrons. The minimum Gasteiger partial charge on any atom is -1.00 e. The van der Waals surface area contributed by atoms with E-state index in [4.69, 9.17) is 4.74 Å². The first-order valence-corrected chi connectivity index (χ1v) is 11.4. The van der Waals surface area contributed by atoms with Crippen LogP contribution >= 0.6 is 11.8 Å². The number of carbonyl (C=O) groups is 2. The predicted octanol–water partition coefficient (Wildman–Crippen LogP) is -1.63. The summed E-state index contributed by atoms with van der Waals surface area (Å²) in [6, 6.07) is 19.3. The summed E-state index contributed by atoms with van der Waals surface area (Å²) >= 11 is 1.28. The van der Waals surface area contributed by atoms with Gasteiger partial charge < -0.3 is 21.7 Å². The zero-order chi connectivity index (χ0) is 22.5. The fourth-order valence-corrected chi connectivity index (χ4v) is 5.01. The first-order chi connectivity index (χ1) is 15.6. The van der Waals surface area contributed by atoms with Crippen molar-refractivity contribution in [3.63, 3.8) is 0 Å². The van der Waals surface area contributed by atoms with Crippen LogP contribution in [-0.4, -0.2) is 43.4 Å². The largest absolute Gasteiger partial charge is 1.00 e. The average molecular weight is 529 g/mol. The van der Waals surface area contributed by atoms with Crippen LogP contribution in [0, 0.1) is 18.3 Å². The molecule has 4 rings (SSSR count). The lowest BCUT2D eigenvalue weighted by atomic mass is 10.1. The number of hydrogen-bond acceptors (Lipinski definition) is 5. The van der Waals surface area contributed by atoms with Gasteiger partial charge in [0.15, 0.2) is 5.57 Å². The Kier molecular flexibility index (Phi) is 8.69. The number of nitriles is 1. The van der Waals surface area contributed by atoms with E-state index in [1.165, 1.54) is 16.7 Å². The van der Waals surface area contributed by atoms with E-state index in [0.29, 0.717) is 43.4 Å². The summed E-state index contributed by atoms with van der Waals surface area (Å²) in [5.74, 6) is -0.604. The molecule has 0 bridgehead atoms. The molecule has 0 aliphatic carbocycles. The average Bonchev–Trinajstić information content (AvgIpc) is 3.12. The van der Waals surface area contributed by atoms with Crippen LogP contribution in [0.4, 0.5) is 5.69 Å². The Morgan fingerprint density at radius 1 is 1.18 bits per heavy atom. The Hall–Kier alpha value is -2.64. The molecule has 0 aromatic heterocycles. The fraction of sp³-hybridized carbons (Fsp3) is 0.292. The highest BCUT2D eigenvalue weighted by Crippen LogP contribution is 2.41. The van der Waals surface area contributed by atoms with E-state index in [1.807, 2.05) is 61.5 Å². The molecule has 7 nitrogen and oxygen atoms in total. The number of amides is 2. The quantitative estimate of drug-likeness (QED) is 0.359. The third-order valence-corrected chi connectivity index (χ3v) is 6.71. The maximum absolute atomic E-state index is 13.4. The number of morpholine rings is 1. The highest BCUT2D eigenvalue weighted by Gasteiger charge is 2.41. The number of carbonyl (C=O) groups excluding carboxylic acids is 2. The van der Waals surface area contributed by atoms with Crippen LogP contribution in [0.3, 0.4) is 0 Å². The maximum Gasteiger partial charge on any atom is 0.309 e. The molecule has 2 amide bonds. The van der Waals surface area contributed by atoms with Crippen molar-refractivity contribution in [3.05, 3.63) is 76.3 Å². The minimum atomic E-state index is -0.475. The van der Waals surface area contributed by atoms with E-state index in [9.17, 15) is 14.9 Å². The second-order valence-electron chi connectivity index (χ2n) is 7.77. The van der Waals surface area contributed by atoms with Crippen molar-refractivity contribution in [2.75, 3.05) is 31.2 Å².